The van der Waals surface area contributed by atoms with Crippen molar-refractivity contribution in [3.8, 4) is 5.82 Å². The number of pyridine rings is 1. The summed E-state index contributed by atoms with van der Waals surface area (Å²) in [6.45, 7) is 8.21. The quantitative estimate of drug-likeness (QED) is 0.876. The average Bonchev–Trinajstić information content (AvgIpc) is 2.83. The van der Waals surface area contributed by atoms with Crippen LogP contribution in [0.5, 0.6) is 0 Å². The van der Waals surface area contributed by atoms with Gasteiger partial charge in [0.15, 0.2) is 5.82 Å². The first-order chi connectivity index (χ1) is 10.4. The Hall–Kier alpha value is -2.21. The van der Waals surface area contributed by atoms with Crippen molar-refractivity contribution in [1.82, 2.24) is 20.1 Å². The van der Waals surface area contributed by atoms with Gasteiger partial charge in [0.2, 0.25) is 5.91 Å². The molecular formula is C16H23N5O. The molecule has 0 saturated carbocycles. The lowest BCUT2D eigenvalue weighted by molar-refractivity contribution is -0.123. The first kappa shape index (κ1) is 16.2. The topological polar surface area (TPSA) is 85.8 Å². The predicted molar refractivity (Wildman–Crippen MR) is 85.5 cm³/mol. The molecule has 3 N–H and O–H groups in total. The Labute approximate surface area is 130 Å². The van der Waals surface area contributed by atoms with Gasteiger partial charge in [-0.05, 0) is 37.5 Å². The molecule has 0 aliphatic carbocycles. The number of rotatable bonds is 5. The molecule has 22 heavy (non-hydrogen) atoms. The van der Waals surface area contributed by atoms with Crippen LogP contribution in [0.15, 0.2) is 24.4 Å². The maximum Gasteiger partial charge on any atom is 0.237 e. The predicted octanol–water partition coefficient (Wildman–Crippen LogP) is 1.48. The van der Waals surface area contributed by atoms with Crippen LogP contribution in [0.25, 0.3) is 5.82 Å². The summed E-state index contributed by atoms with van der Waals surface area (Å²) in [5.41, 5.74) is 8.72. The number of amides is 1. The smallest absolute Gasteiger partial charge is 0.237 e. The van der Waals surface area contributed by atoms with E-state index >= 15 is 0 Å². The van der Waals surface area contributed by atoms with E-state index in [2.05, 4.69) is 15.4 Å². The van der Waals surface area contributed by atoms with Crippen molar-refractivity contribution in [2.75, 3.05) is 0 Å². The third-order valence-corrected chi connectivity index (χ3v) is 3.52. The van der Waals surface area contributed by atoms with Gasteiger partial charge in [0.05, 0.1) is 11.7 Å². The van der Waals surface area contributed by atoms with Gasteiger partial charge in [-0.3, -0.25) is 4.79 Å². The van der Waals surface area contributed by atoms with Crippen molar-refractivity contribution in [3.05, 3.63) is 41.3 Å². The van der Waals surface area contributed by atoms with Crippen molar-refractivity contribution in [1.29, 1.82) is 0 Å². The average molecular weight is 301 g/mol. The van der Waals surface area contributed by atoms with Crippen LogP contribution in [0.2, 0.25) is 0 Å². The van der Waals surface area contributed by atoms with E-state index in [-0.39, 0.29) is 11.8 Å². The highest BCUT2D eigenvalue weighted by atomic mass is 16.2. The lowest BCUT2D eigenvalue weighted by Gasteiger charge is -2.15. The normalized spacial score (nSPS) is 12.5. The monoisotopic (exact) mass is 301 g/mol. The molecule has 6 nitrogen and oxygen atoms in total. The second-order valence-electron chi connectivity index (χ2n) is 5.85. The highest BCUT2D eigenvalue weighted by Gasteiger charge is 2.16. The Morgan fingerprint density at radius 1 is 1.36 bits per heavy atom. The third-order valence-electron chi connectivity index (χ3n) is 3.52. The Balaban J connectivity index is 2.01. The lowest BCUT2D eigenvalue weighted by Crippen LogP contribution is -2.43. The minimum Gasteiger partial charge on any atom is -0.351 e. The van der Waals surface area contributed by atoms with E-state index in [1.807, 2.05) is 45.9 Å². The highest BCUT2D eigenvalue weighted by Crippen LogP contribution is 2.10. The molecule has 0 saturated heterocycles. The molecule has 0 aliphatic heterocycles. The van der Waals surface area contributed by atoms with Crippen molar-refractivity contribution >= 4 is 5.91 Å². The largest absolute Gasteiger partial charge is 0.351 e. The van der Waals surface area contributed by atoms with Crippen LogP contribution < -0.4 is 11.1 Å². The molecule has 2 aromatic rings. The molecule has 0 aliphatic rings. The molecular weight excluding hydrogens is 278 g/mol. The summed E-state index contributed by atoms with van der Waals surface area (Å²) < 4.78 is 1.80. The number of aromatic nitrogens is 3. The number of hydrogen-bond acceptors (Lipinski definition) is 4. The van der Waals surface area contributed by atoms with Crippen LogP contribution in [-0.4, -0.2) is 26.7 Å². The molecule has 1 atom stereocenters. The number of aryl methyl sites for hydroxylation is 2. The van der Waals surface area contributed by atoms with E-state index in [0.717, 1.165) is 22.8 Å². The van der Waals surface area contributed by atoms with Gasteiger partial charge in [-0.25, -0.2) is 9.67 Å². The maximum absolute atomic E-state index is 11.8. The van der Waals surface area contributed by atoms with Gasteiger partial charge in [-0.1, -0.05) is 19.9 Å². The van der Waals surface area contributed by atoms with Crippen molar-refractivity contribution < 1.29 is 4.79 Å². The molecule has 2 rings (SSSR count). The van der Waals surface area contributed by atoms with Crippen LogP contribution in [0.1, 0.15) is 30.8 Å². The first-order valence-corrected chi connectivity index (χ1v) is 7.40. The number of nitrogens with one attached hydrogen (secondary N) is 1. The summed E-state index contributed by atoms with van der Waals surface area (Å²) in [6.07, 6.45) is 1.74. The van der Waals surface area contributed by atoms with Gasteiger partial charge < -0.3 is 11.1 Å². The summed E-state index contributed by atoms with van der Waals surface area (Å²) in [5.74, 6) is 0.740. The molecule has 0 spiro atoms. The Morgan fingerprint density at radius 2 is 2.09 bits per heavy atom. The zero-order valence-electron chi connectivity index (χ0n) is 13.5. The number of carbonyl (C=O) groups is 1. The SMILES string of the molecule is Cc1cc(C)n(-c2ccc(CNC(=O)[C@H](N)C(C)C)cn2)n1. The fourth-order valence-corrected chi connectivity index (χ4v) is 2.12. The zero-order chi connectivity index (χ0) is 16.3. The first-order valence-electron chi connectivity index (χ1n) is 7.40. The van der Waals surface area contributed by atoms with Crippen LogP contribution in [0, 0.1) is 19.8 Å². The highest BCUT2D eigenvalue weighted by molar-refractivity contribution is 5.81. The van der Waals surface area contributed by atoms with Gasteiger partial charge in [0.1, 0.15) is 0 Å². The van der Waals surface area contributed by atoms with Crippen LogP contribution >= 0.6 is 0 Å². The second-order valence-corrected chi connectivity index (χ2v) is 5.85. The molecule has 0 aromatic carbocycles. The van der Waals surface area contributed by atoms with Crippen LogP contribution in [0.4, 0.5) is 0 Å². The third kappa shape index (κ3) is 3.71. The molecule has 0 fully saturated rings. The molecule has 6 heteroatoms. The number of hydrogen-bond donors (Lipinski definition) is 2. The lowest BCUT2D eigenvalue weighted by atomic mass is 10.1. The summed E-state index contributed by atoms with van der Waals surface area (Å²) in [5, 5.41) is 7.22. The van der Waals surface area contributed by atoms with E-state index in [0.29, 0.717) is 6.54 Å². The standard InChI is InChI=1S/C16H23N5O/c1-10(2)15(17)16(22)19-9-13-5-6-14(18-8-13)21-12(4)7-11(3)20-21/h5-8,10,15H,9,17H2,1-4H3,(H,19,22)/t15-/m1/s1. The molecule has 0 radical (unpaired) electrons. The summed E-state index contributed by atoms with van der Waals surface area (Å²) in [4.78, 5) is 16.2. The molecule has 0 bridgehead atoms. The Bertz CT molecular complexity index is 645. The fraction of sp³-hybridized carbons (Fsp3) is 0.438. The number of nitrogens with two attached hydrogens (primary N) is 1. The van der Waals surface area contributed by atoms with Gasteiger partial charge in [0.25, 0.3) is 0 Å². The molecule has 1 amide bonds. The van der Waals surface area contributed by atoms with E-state index in [4.69, 9.17) is 5.73 Å². The number of carbonyl (C=O) groups excluding carboxylic acids is 1. The van der Waals surface area contributed by atoms with E-state index < -0.39 is 6.04 Å². The molecule has 0 unspecified atom stereocenters. The Morgan fingerprint density at radius 3 is 2.59 bits per heavy atom. The van der Waals surface area contributed by atoms with Gasteiger partial charge in [-0.2, -0.15) is 5.10 Å². The molecule has 2 heterocycles. The zero-order valence-corrected chi connectivity index (χ0v) is 13.5. The van der Waals surface area contributed by atoms with E-state index in [1.165, 1.54) is 0 Å². The minimum absolute atomic E-state index is 0.117. The second kappa shape index (κ2) is 6.70. The van der Waals surface area contributed by atoms with Gasteiger partial charge in [-0.15, -0.1) is 0 Å². The minimum atomic E-state index is -0.484. The Kier molecular flexibility index (Phi) is 4.92. The van der Waals surface area contributed by atoms with Crippen molar-refractivity contribution in [2.45, 2.75) is 40.3 Å². The molecule has 118 valence electrons. The molecule has 2 aromatic heterocycles. The van der Waals surface area contributed by atoms with Crippen LogP contribution in [-0.2, 0) is 11.3 Å². The van der Waals surface area contributed by atoms with Crippen LogP contribution in [0.3, 0.4) is 0 Å². The summed E-state index contributed by atoms with van der Waals surface area (Å²) in [6, 6.07) is 5.34. The van der Waals surface area contributed by atoms with Crippen molar-refractivity contribution in [2.24, 2.45) is 11.7 Å². The summed E-state index contributed by atoms with van der Waals surface area (Å²) >= 11 is 0. The maximum atomic E-state index is 11.8. The van der Waals surface area contributed by atoms with Gasteiger partial charge >= 0.3 is 0 Å². The van der Waals surface area contributed by atoms with E-state index in [9.17, 15) is 4.79 Å². The van der Waals surface area contributed by atoms with Crippen molar-refractivity contribution in [3.63, 3.8) is 0 Å². The fourth-order valence-electron chi connectivity index (χ4n) is 2.12. The number of nitrogens with zero attached hydrogens (tertiary/aromatic N) is 3. The van der Waals surface area contributed by atoms with E-state index in [1.54, 1.807) is 10.9 Å². The van der Waals surface area contributed by atoms with Gasteiger partial charge in [0, 0.05) is 18.4 Å². The summed E-state index contributed by atoms with van der Waals surface area (Å²) in [7, 11) is 0.